The molecule has 5 nitrogen and oxygen atoms in total. The number of nitrogens with one attached hydrogen (secondary N) is 2. The van der Waals surface area contributed by atoms with Crippen LogP contribution in [0.1, 0.15) is 15.9 Å². The Bertz CT molecular complexity index is 961. The minimum Gasteiger partial charge on any atom is -0.324 e. The van der Waals surface area contributed by atoms with Crippen molar-refractivity contribution in [3.8, 4) is 0 Å². The molecule has 0 aliphatic carbocycles. The Balaban J connectivity index is 1.70. The van der Waals surface area contributed by atoms with Crippen LogP contribution in [0.3, 0.4) is 0 Å². The zero-order valence-electron chi connectivity index (χ0n) is 13.6. The van der Waals surface area contributed by atoms with Crippen LogP contribution >= 0.6 is 11.6 Å². The normalized spacial score (nSPS) is 11.1. The van der Waals surface area contributed by atoms with E-state index in [9.17, 15) is 18.0 Å². The monoisotopic (exact) mass is 392 g/mol. The molecule has 27 heavy (non-hydrogen) atoms. The van der Waals surface area contributed by atoms with Gasteiger partial charge in [-0.3, -0.25) is 4.79 Å². The van der Waals surface area contributed by atoms with Gasteiger partial charge in [0.1, 0.15) is 0 Å². The summed E-state index contributed by atoms with van der Waals surface area (Å²) in [5.74, 6) is -0.405. The van der Waals surface area contributed by atoms with Gasteiger partial charge in [-0.05, 0) is 30.3 Å². The van der Waals surface area contributed by atoms with E-state index in [4.69, 9.17) is 11.6 Å². The molecule has 138 valence electrons. The summed E-state index contributed by atoms with van der Waals surface area (Å²) in [4.78, 5) is 20.1. The smallest absolute Gasteiger partial charge is 0.324 e. The highest BCUT2D eigenvalue weighted by Gasteiger charge is 2.30. The SMILES string of the molecule is O=C(Nc1ccccc1Cl)c1cnc(Nc2cccc(C(F)(F)F)c2)nc1. The van der Waals surface area contributed by atoms with Gasteiger partial charge in [0.2, 0.25) is 5.95 Å². The molecule has 1 amide bonds. The van der Waals surface area contributed by atoms with E-state index in [0.717, 1.165) is 12.1 Å². The van der Waals surface area contributed by atoms with Gasteiger partial charge in [0, 0.05) is 18.1 Å². The number of anilines is 3. The Morgan fingerprint density at radius 3 is 2.37 bits per heavy atom. The Morgan fingerprint density at radius 1 is 1.00 bits per heavy atom. The third kappa shape index (κ3) is 4.73. The number of nitrogens with zero attached hydrogens (tertiary/aromatic N) is 2. The van der Waals surface area contributed by atoms with Gasteiger partial charge in [0.05, 0.1) is 21.8 Å². The molecule has 2 aromatic carbocycles. The van der Waals surface area contributed by atoms with Crippen LogP contribution in [-0.2, 0) is 6.18 Å². The first kappa shape index (κ1) is 18.7. The fourth-order valence-corrected chi connectivity index (χ4v) is 2.35. The van der Waals surface area contributed by atoms with Crippen LogP contribution in [-0.4, -0.2) is 15.9 Å². The summed E-state index contributed by atoms with van der Waals surface area (Å²) < 4.78 is 38.2. The molecule has 1 aromatic heterocycles. The van der Waals surface area contributed by atoms with Gasteiger partial charge in [-0.15, -0.1) is 0 Å². The average Bonchev–Trinajstić information content (AvgIpc) is 2.64. The van der Waals surface area contributed by atoms with E-state index in [1.54, 1.807) is 24.3 Å². The molecular formula is C18H12ClF3N4O. The third-order valence-electron chi connectivity index (χ3n) is 3.48. The molecule has 0 aliphatic rings. The van der Waals surface area contributed by atoms with Gasteiger partial charge in [-0.2, -0.15) is 13.2 Å². The fraction of sp³-hybridized carbons (Fsp3) is 0.0556. The van der Waals surface area contributed by atoms with Crippen LogP contribution in [0.4, 0.5) is 30.5 Å². The number of carbonyl (C=O) groups excluding carboxylic acids is 1. The van der Waals surface area contributed by atoms with Crippen LogP contribution in [0.5, 0.6) is 0 Å². The fourth-order valence-electron chi connectivity index (χ4n) is 2.17. The summed E-state index contributed by atoms with van der Waals surface area (Å²) >= 11 is 5.98. The van der Waals surface area contributed by atoms with Crippen molar-refractivity contribution in [3.05, 3.63) is 77.1 Å². The Kier molecular flexibility index (Phi) is 5.27. The third-order valence-corrected chi connectivity index (χ3v) is 3.81. The van der Waals surface area contributed by atoms with Crippen molar-refractivity contribution in [1.29, 1.82) is 0 Å². The number of halogens is 4. The zero-order chi connectivity index (χ0) is 19.4. The van der Waals surface area contributed by atoms with Crippen molar-refractivity contribution in [2.24, 2.45) is 0 Å². The molecule has 0 spiro atoms. The lowest BCUT2D eigenvalue weighted by molar-refractivity contribution is -0.137. The molecule has 0 fully saturated rings. The van der Waals surface area contributed by atoms with Crippen LogP contribution in [0.15, 0.2) is 60.9 Å². The molecule has 9 heteroatoms. The first-order chi connectivity index (χ1) is 12.8. The van der Waals surface area contributed by atoms with Gasteiger partial charge in [-0.1, -0.05) is 29.8 Å². The van der Waals surface area contributed by atoms with E-state index >= 15 is 0 Å². The van der Waals surface area contributed by atoms with E-state index in [1.807, 2.05) is 0 Å². The highest BCUT2D eigenvalue weighted by molar-refractivity contribution is 6.33. The average molecular weight is 393 g/mol. The van der Waals surface area contributed by atoms with Gasteiger partial charge in [0.15, 0.2) is 0 Å². The zero-order valence-corrected chi connectivity index (χ0v) is 14.3. The molecule has 2 N–H and O–H groups in total. The minimum absolute atomic E-state index is 0.0589. The quantitative estimate of drug-likeness (QED) is 0.644. The lowest BCUT2D eigenvalue weighted by Crippen LogP contribution is -2.13. The highest BCUT2D eigenvalue weighted by atomic mass is 35.5. The van der Waals surface area contributed by atoms with Crippen molar-refractivity contribution in [2.75, 3.05) is 10.6 Å². The van der Waals surface area contributed by atoms with E-state index in [1.165, 1.54) is 24.5 Å². The molecular weight excluding hydrogens is 381 g/mol. The molecule has 3 rings (SSSR count). The molecule has 0 atom stereocenters. The van der Waals surface area contributed by atoms with Crippen LogP contribution in [0.25, 0.3) is 0 Å². The topological polar surface area (TPSA) is 66.9 Å². The van der Waals surface area contributed by atoms with Crippen LogP contribution in [0, 0.1) is 0 Å². The Hall–Kier alpha value is -3.13. The predicted octanol–water partition coefficient (Wildman–Crippen LogP) is 5.14. The lowest BCUT2D eigenvalue weighted by atomic mass is 10.2. The molecule has 0 bridgehead atoms. The molecule has 0 aliphatic heterocycles. The summed E-state index contributed by atoms with van der Waals surface area (Å²) in [6.45, 7) is 0. The van der Waals surface area contributed by atoms with Gasteiger partial charge < -0.3 is 10.6 Å². The number of alkyl halides is 3. The Morgan fingerprint density at radius 2 is 1.70 bits per heavy atom. The van der Waals surface area contributed by atoms with Gasteiger partial charge in [0.25, 0.3) is 5.91 Å². The number of rotatable bonds is 4. The maximum absolute atomic E-state index is 12.7. The van der Waals surface area contributed by atoms with E-state index in [2.05, 4.69) is 20.6 Å². The number of hydrogen-bond donors (Lipinski definition) is 2. The van der Waals surface area contributed by atoms with E-state index in [0.29, 0.717) is 10.7 Å². The number of para-hydroxylation sites is 1. The molecule has 1 heterocycles. The first-order valence-corrected chi connectivity index (χ1v) is 8.03. The summed E-state index contributed by atoms with van der Waals surface area (Å²) in [6.07, 6.45) is -1.93. The van der Waals surface area contributed by atoms with E-state index in [-0.39, 0.29) is 17.2 Å². The largest absolute Gasteiger partial charge is 0.416 e. The van der Waals surface area contributed by atoms with Gasteiger partial charge in [-0.25, -0.2) is 9.97 Å². The second-order valence-electron chi connectivity index (χ2n) is 5.43. The summed E-state index contributed by atoms with van der Waals surface area (Å²) in [6, 6.07) is 11.4. The van der Waals surface area contributed by atoms with Crippen LogP contribution < -0.4 is 10.6 Å². The number of hydrogen-bond acceptors (Lipinski definition) is 4. The van der Waals surface area contributed by atoms with Crippen LogP contribution in [0.2, 0.25) is 5.02 Å². The molecule has 3 aromatic rings. The van der Waals surface area contributed by atoms with Crippen molar-refractivity contribution in [1.82, 2.24) is 9.97 Å². The van der Waals surface area contributed by atoms with Crippen molar-refractivity contribution >= 4 is 34.8 Å². The van der Waals surface area contributed by atoms with E-state index < -0.39 is 17.6 Å². The lowest BCUT2D eigenvalue weighted by Gasteiger charge is -2.10. The molecule has 0 saturated carbocycles. The Labute approximate surface area is 157 Å². The van der Waals surface area contributed by atoms with Gasteiger partial charge >= 0.3 is 6.18 Å². The van der Waals surface area contributed by atoms with Crippen molar-refractivity contribution < 1.29 is 18.0 Å². The standard InChI is InChI=1S/C18H12ClF3N4O/c19-14-6-1-2-7-15(14)26-16(27)11-9-23-17(24-10-11)25-13-5-3-4-12(8-13)18(20,21)22/h1-10H,(H,26,27)(H,23,24,25). The minimum atomic E-state index is -4.45. The second kappa shape index (κ2) is 7.63. The molecule has 0 radical (unpaired) electrons. The predicted molar refractivity (Wildman–Crippen MR) is 96.2 cm³/mol. The highest BCUT2D eigenvalue weighted by Crippen LogP contribution is 2.31. The maximum Gasteiger partial charge on any atom is 0.416 e. The molecule has 0 saturated heterocycles. The summed E-state index contributed by atoms with van der Waals surface area (Å²) in [5, 5.41) is 5.67. The number of carbonyl (C=O) groups is 1. The van der Waals surface area contributed by atoms with Crippen molar-refractivity contribution in [2.45, 2.75) is 6.18 Å². The maximum atomic E-state index is 12.7. The number of amides is 1. The molecule has 0 unspecified atom stereocenters. The number of benzene rings is 2. The summed E-state index contributed by atoms with van der Waals surface area (Å²) in [7, 11) is 0. The number of aromatic nitrogens is 2. The van der Waals surface area contributed by atoms with Crippen molar-refractivity contribution in [3.63, 3.8) is 0 Å². The summed E-state index contributed by atoms with van der Waals surface area (Å²) in [5.41, 5.74) is 0.00109. The first-order valence-electron chi connectivity index (χ1n) is 7.65. The second-order valence-corrected chi connectivity index (χ2v) is 5.84.